The molecule has 0 saturated carbocycles. The molecular formula is C13H13FN2O3. The van der Waals surface area contributed by atoms with E-state index in [2.05, 4.69) is 4.74 Å². The van der Waals surface area contributed by atoms with Gasteiger partial charge in [0.1, 0.15) is 11.9 Å². The summed E-state index contributed by atoms with van der Waals surface area (Å²) in [6.45, 7) is 1.22. The summed E-state index contributed by atoms with van der Waals surface area (Å²) in [7, 11) is 1.30. The monoisotopic (exact) mass is 264 g/mol. The second-order valence-electron chi connectivity index (χ2n) is 4.10. The Hall–Kier alpha value is -2.13. The van der Waals surface area contributed by atoms with Gasteiger partial charge in [-0.15, -0.1) is 0 Å². The third kappa shape index (κ3) is 2.83. The van der Waals surface area contributed by atoms with Crippen molar-refractivity contribution in [1.82, 2.24) is 0 Å². The fourth-order valence-electron chi connectivity index (χ4n) is 1.95. The molecule has 0 aromatic heterocycles. The smallest absolute Gasteiger partial charge is 0.336 e. The van der Waals surface area contributed by atoms with E-state index in [4.69, 9.17) is 10.00 Å². The summed E-state index contributed by atoms with van der Waals surface area (Å²) in [4.78, 5) is 13.2. The van der Waals surface area contributed by atoms with Crippen molar-refractivity contribution in [2.24, 2.45) is 0 Å². The highest BCUT2D eigenvalue weighted by Gasteiger charge is 2.27. The van der Waals surface area contributed by atoms with Crippen molar-refractivity contribution in [1.29, 1.82) is 5.26 Å². The molecule has 0 aliphatic carbocycles. The number of benzene rings is 1. The molecule has 0 bridgehead atoms. The maximum absolute atomic E-state index is 13.6. The lowest BCUT2D eigenvalue weighted by molar-refractivity contribution is -0.154. The Bertz CT molecular complexity index is 527. The number of ether oxygens (including phenoxy) is 2. The van der Waals surface area contributed by atoms with Gasteiger partial charge in [-0.3, -0.25) is 0 Å². The van der Waals surface area contributed by atoms with Crippen LogP contribution in [-0.2, 0) is 14.3 Å². The maximum Gasteiger partial charge on any atom is 0.336 e. The van der Waals surface area contributed by atoms with Crippen LogP contribution in [0.5, 0.6) is 0 Å². The van der Waals surface area contributed by atoms with Crippen LogP contribution in [0, 0.1) is 17.1 Å². The number of carbonyl (C=O) groups excluding carboxylic acids is 1. The van der Waals surface area contributed by atoms with Crippen LogP contribution < -0.4 is 4.90 Å². The van der Waals surface area contributed by atoms with Crippen LogP contribution in [0.3, 0.4) is 0 Å². The summed E-state index contributed by atoms with van der Waals surface area (Å²) in [5.41, 5.74) is 0.621. The van der Waals surface area contributed by atoms with E-state index < -0.39 is 17.9 Å². The molecule has 1 aromatic carbocycles. The zero-order valence-electron chi connectivity index (χ0n) is 10.4. The second kappa shape index (κ2) is 5.67. The summed E-state index contributed by atoms with van der Waals surface area (Å²) in [6, 6.07) is 6.14. The van der Waals surface area contributed by atoms with Gasteiger partial charge in [-0.05, 0) is 18.2 Å². The number of carbonyl (C=O) groups is 1. The minimum atomic E-state index is -0.669. The minimum Gasteiger partial charge on any atom is -0.467 e. The molecule has 0 radical (unpaired) electrons. The van der Waals surface area contributed by atoms with E-state index in [1.54, 1.807) is 12.1 Å². The molecule has 5 nitrogen and oxygen atoms in total. The topological polar surface area (TPSA) is 62.6 Å². The lowest BCUT2D eigenvalue weighted by Crippen LogP contribution is -2.46. The van der Waals surface area contributed by atoms with E-state index in [0.717, 1.165) is 0 Å². The van der Waals surface area contributed by atoms with Gasteiger partial charge >= 0.3 is 5.97 Å². The molecule has 1 saturated heterocycles. The fraction of sp³-hybridized carbons (Fsp3) is 0.385. The van der Waals surface area contributed by atoms with Gasteiger partial charge in [0, 0.05) is 12.2 Å². The summed E-state index contributed by atoms with van der Waals surface area (Å²) in [5, 5.41) is 8.68. The van der Waals surface area contributed by atoms with Gasteiger partial charge in [0.05, 0.1) is 25.8 Å². The van der Waals surface area contributed by atoms with Gasteiger partial charge in [-0.25, -0.2) is 9.18 Å². The zero-order valence-corrected chi connectivity index (χ0v) is 10.4. The number of rotatable bonds is 2. The van der Waals surface area contributed by atoms with E-state index in [1.165, 1.54) is 19.2 Å². The van der Waals surface area contributed by atoms with Crippen LogP contribution >= 0.6 is 0 Å². The van der Waals surface area contributed by atoms with E-state index >= 15 is 0 Å². The normalized spacial score (nSPS) is 18.8. The van der Waals surface area contributed by atoms with Gasteiger partial charge in [-0.2, -0.15) is 5.26 Å². The van der Waals surface area contributed by atoms with Crippen molar-refractivity contribution >= 4 is 11.7 Å². The van der Waals surface area contributed by atoms with Crippen LogP contribution in [0.15, 0.2) is 18.2 Å². The summed E-state index contributed by atoms with van der Waals surface area (Å²) >= 11 is 0. The van der Waals surface area contributed by atoms with Crippen molar-refractivity contribution in [2.45, 2.75) is 6.10 Å². The van der Waals surface area contributed by atoms with Gasteiger partial charge in [0.25, 0.3) is 0 Å². The molecule has 0 amide bonds. The van der Waals surface area contributed by atoms with Crippen LogP contribution in [-0.4, -0.2) is 38.9 Å². The molecule has 1 heterocycles. The lowest BCUT2D eigenvalue weighted by Gasteiger charge is -2.33. The largest absolute Gasteiger partial charge is 0.467 e. The van der Waals surface area contributed by atoms with E-state index in [9.17, 15) is 9.18 Å². The Balaban J connectivity index is 2.16. The molecular weight excluding hydrogens is 251 g/mol. The van der Waals surface area contributed by atoms with E-state index in [0.29, 0.717) is 25.4 Å². The SMILES string of the molecule is COC(=O)C1CN(c2ccc(C#N)c(F)c2)CCO1. The average molecular weight is 264 g/mol. The standard InChI is InChI=1S/C13H13FN2O3/c1-18-13(17)12-8-16(4-5-19-12)10-3-2-9(7-15)11(14)6-10/h2-3,6,12H,4-5,8H2,1H3. The number of hydrogen-bond donors (Lipinski definition) is 0. The third-order valence-corrected chi connectivity index (χ3v) is 2.97. The van der Waals surface area contributed by atoms with Crippen molar-refractivity contribution in [3.8, 4) is 6.07 Å². The van der Waals surface area contributed by atoms with Crippen molar-refractivity contribution < 1.29 is 18.7 Å². The number of nitrogens with zero attached hydrogens (tertiary/aromatic N) is 2. The first kappa shape index (κ1) is 13.3. The third-order valence-electron chi connectivity index (χ3n) is 2.97. The van der Waals surface area contributed by atoms with E-state index in [-0.39, 0.29) is 5.56 Å². The summed E-state index contributed by atoms with van der Waals surface area (Å²) < 4.78 is 23.5. The first-order valence-electron chi connectivity index (χ1n) is 5.79. The second-order valence-corrected chi connectivity index (χ2v) is 4.10. The molecule has 19 heavy (non-hydrogen) atoms. The quantitative estimate of drug-likeness (QED) is 0.748. The van der Waals surface area contributed by atoms with Gasteiger partial charge in [0.15, 0.2) is 6.10 Å². The molecule has 6 heteroatoms. The Morgan fingerprint density at radius 2 is 2.42 bits per heavy atom. The minimum absolute atomic E-state index is 0.00141. The van der Waals surface area contributed by atoms with Crippen LogP contribution in [0.4, 0.5) is 10.1 Å². The van der Waals surface area contributed by atoms with Crippen LogP contribution in [0.1, 0.15) is 5.56 Å². The van der Waals surface area contributed by atoms with Crippen molar-refractivity contribution in [3.63, 3.8) is 0 Å². The van der Waals surface area contributed by atoms with Crippen molar-refractivity contribution in [2.75, 3.05) is 31.7 Å². The summed E-state index contributed by atoms with van der Waals surface area (Å²) in [5.74, 6) is -1.01. The number of halogens is 1. The Morgan fingerprint density at radius 1 is 1.63 bits per heavy atom. The molecule has 1 aliphatic heterocycles. The molecule has 0 N–H and O–H groups in total. The highest BCUT2D eigenvalue weighted by atomic mass is 19.1. The van der Waals surface area contributed by atoms with Crippen LogP contribution in [0.2, 0.25) is 0 Å². The maximum atomic E-state index is 13.6. The van der Waals surface area contributed by atoms with E-state index in [1.807, 2.05) is 4.90 Å². The Labute approximate surface area is 110 Å². The molecule has 100 valence electrons. The predicted molar refractivity (Wildman–Crippen MR) is 65.1 cm³/mol. The summed E-state index contributed by atoms with van der Waals surface area (Å²) in [6.07, 6.45) is -0.669. The number of esters is 1. The van der Waals surface area contributed by atoms with Crippen LogP contribution in [0.25, 0.3) is 0 Å². The molecule has 0 spiro atoms. The van der Waals surface area contributed by atoms with Gasteiger partial charge < -0.3 is 14.4 Å². The van der Waals surface area contributed by atoms with Gasteiger partial charge in [0.2, 0.25) is 0 Å². The molecule has 1 aromatic rings. The highest BCUT2D eigenvalue weighted by molar-refractivity contribution is 5.75. The Kier molecular flexibility index (Phi) is 3.97. The number of methoxy groups -OCH3 is 1. The molecule has 2 rings (SSSR count). The number of hydrogen-bond acceptors (Lipinski definition) is 5. The number of morpholine rings is 1. The number of nitriles is 1. The predicted octanol–water partition coefficient (Wildman–Crippen LogP) is 1.08. The first-order valence-corrected chi connectivity index (χ1v) is 5.79. The van der Waals surface area contributed by atoms with Gasteiger partial charge in [-0.1, -0.05) is 0 Å². The number of anilines is 1. The first-order chi connectivity index (χ1) is 9.15. The molecule has 1 unspecified atom stereocenters. The lowest BCUT2D eigenvalue weighted by atomic mass is 10.1. The molecule has 1 fully saturated rings. The van der Waals surface area contributed by atoms with Crippen molar-refractivity contribution in [3.05, 3.63) is 29.6 Å². The molecule has 1 atom stereocenters. The average Bonchev–Trinajstić information content (AvgIpc) is 2.46. The Morgan fingerprint density at radius 3 is 3.05 bits per heavy atom. The molecule has 1 aliphatic rings. The fourth-order valence-corrected chi connectivity index (χ4v) is 1.95. The highest BCUT2D eigenvalue weighted by Crippen LogP contribution is 2.21. The zero-order chi connectivity index (χ0) is 13.8.